The van der Waals surface area contributed by atoms with Crippen molar-refractivity contribution in [2.24, 2.45) is 11.5 Å². The van der Waals surface area contributed by atoms with E-state index in [4.69, 9.17) is 31.9 Å². The van der Waals surface area contributed by atoms with Gasteiger partial charge in [-0.05, 0) is 0 Å². The molecule has 21 heavy (non-hydrogen) atoms. The Morgan fingerprint density at radius 1 is 0.619 bits per heavy atom. The van der Waals surface area contributed by atoms with Gasteiger partial charge in [0.25, 0.3) is 0 Å². The average molecular weight is 352 g/mol. The summed E-state index contributed by atoms with van der Waals surface area (Å²) in [5.74, 6) is -5.52. The quantitative estimate of drug-likeness (QED) is 0.281. The number of nitrogens with two attached hydrogens (primary N) is 2. The first-order valence-corrected chi connectivity index (χ1v) is 8.56. The zero-order valence-electron chi connectivity index (χ0n) is 11.2. The molecule has 0 spiro atoms. The molecule has 0 saturated carbocycles. The molecular weight excluding hydrogens is 332 g/mol. The van der Waals surface area contributed by atoms with E-state index in [1.165, 1.54) is 0 Å². The summed E-state index contributed by atoms with van der Waals surface area (Å²) in [7, 11) is 0. The van der Waals surface area contributed by atoms with Crippen LogP contribution in [-0.4, -0.2) is 57.4 Å². The van der Waals surface area contributed by atoms with E-state index in [-0.39, 0.29) is 0 Å². The van der Waals surface area contributed by atoms with E-state index in [2.05, 4.69) is 0 Å². The molecule has 11 heteroatoms. The van der Waals surface area contributed by atoms with E-state index in [0.717, 1.165) is 0 Å². The second-order valence-corrected chi connectivity index (χ2v) is 8.59. The second-order valence-electron chi connectivity index (χ2n) is 3.71. The Morgan fingerprint density at radius 3 is 0.905 bits per heavy atom. The molecule has 0 heterocycles. The molecule has 0 amide bonds. The van der Waals surface area contributed by atoms with Crippen LogP contribution in [0.25, 0.3) is 0 Å². The van der Waals surface area contributed by atoms with Crippen LogP contribution < -0.4 is 11.5 Å². The Labute approximate surface area is 123 Å². The van der Waals surface area contributed by atoms with Crippen LogP contribution in [0.4, 0.5) is 0 Å². The maximum absolute atomic E-state index is 10.6. The van der Waals surface area contributed by atoms with Gasteiger partial charge in [-0.15, -0.1) is 0 Å². The Bertz CT molecular complexity index is 316. The molecule has 0 aliphatic rings. The van der Waals surface area contributed by atoms with Crippen LogP contribution >= 0.6 is 0 Å². The number of aliphatic carboxylic acids is 4. The molecule has 0 rings (SSSR count). The van der Waals surface area contributed by atoms with Crippen LogP contribution in [0.2, 0.25) is 21.3 Å². The third kappa shape index (κ3) is 13.1. The normalized spacial score (nSPS) is 11.0. The molecular formula is C10H20FeN2O8. The molecule has 0 aliphatic carbocycles. The van der Waals surface area contributed by atoms with Crippen molar-refractivity contribution in [2.75, 3.05) is 13.1 Å². The molecule has 0 aliphatic heterocycles. The number of rotatable bonds is 9. The molecule has 126 valence electrons. The summed E-state index contributed by atoms with van der Waals surface area (Å²) in [6.45, 7) is 1.19. The van der Waals surface area contributed by atoms with E-state index in [1.807, 2.05) is 0 Å². The van der Waals surface area contributed by atoms with Gasteiger partial charge in [0.1, 0.15) is 0 Å². The van der Waals surface area contributed by atoms with Gasteiger partial charge in [-0.2, -0.15) is 0 Å². The Morgan fingerprint density at radius 2 is 0.810 bits per heavy atom. The van der Waals surface area contributed by atoms with Crippen molar-refractivity contribution in [2.45, 2.75) is 21.3 Å². The van der Waals surface area contributed by atoms with Crippen molar-refractivity contribution in [3.63, 3.8) is 0 Å². The predicted octanol–water partition coefficient (Wildman–Crippen LogP) is -0.944. The summed E-state index contributed by atoms with van der Waals surface area (Å²) in [5.41, 5.74) is 9.81. The minimum atomic E-state index is -3.28. The molecule has 0 atom stereocenters. The molecule has 0 fully saturated rings. The number of hydrogen-bond donors (Lipinski definition) is 6. The standard InChI is InChI=1S/C2H8N2.4C2H3O2.Fe/c3-1-2-4;4*1-2(3)4;/h1-4H2;4*1H2,(H,3,4);. The van der Waals surface area contributed by atoms with Gasteiger partial charge in [0.05, 0.1) is 0 Å². The van der Waals surface area contributed by atoms with Crippen molar-refractivity contribution in [3.8, 4) is 0 Å². The molecule has 0 aromatic rings. The Hall–Kier alpha value is -1.68. The van der Waals surface area contributed by atoms with E-state index in [0.29, 0.717) is 13.1 Å². The van der Waals surface area contributed by atoms with Crippen LogP contribution in [0.1, 0.15) is 0 Å². The molecule has 0 saturated heterocycles. The third-order valence-electron chi connectivity index (χ3n) is 1.66. The van der Waals surface area contributed by atoms with Crippen molar-refractivity contribution in [1.82, 2.24) is 0 Å². The number of carbonyl (C=O) groups is 4. The summed E-state index contributed by atoms with van der Waals surface area (Å²) in [6.07, 6.45) is 0. The van der Waals surface area contributed by atoms with Crippen LogP contribution in [0.3, 0.4) is 0 Å². The van der Waals surface area contributed by atoms with Crippen LogP contribution in [0, 0.1) is 0 Å². The van der Waals surface area contributed by atoms with Gasteiger partial charge in [-0.1, -0.05) is 0 Å². The van der Waals surface area contributed by atoms with Crippen molar-refractivity contribution < 1.29 is 52.4 Å². The van der Waals surface area contributed by atoms with Gasteiger partial charge in [0.15, 0.2) is 0 Å². The topological polar surface area (TPSA) is 201 Å². The zero-order chi connectivity index (χ0) is 17.1. The molecule has 10 nitrogen and oxygen atoms in total. The van der Waals surface area contributed by atoms with Crippen LogP contribution in [-0.2, 0) is 32.0 Å². The van der Waals surface area contributed by atoms with E-state index >= 15 is 0 Å². The minimum absolute atomic E-state index is 0.597. The average Bonchev–Trinajstić information content (AvgIpc) is 2.24. The van der Waals surface area contributed by atoms with Gasteiger partial charge in [0, 0.05) is 13.1 Å². The Balaban J connectivity index is 0. The SMILES string of the molecule is NCCN.O=C(O)[CH2][Fe]([CH2]C(=O)O)([CH2]C(=O)O)[CH2]C(=O)O. The third-order valence-corrected chi connectivity index (χ3v) is 6.30. The van der Waals surface area contributed by atoms with Crippen molar-refractivity contribution >= 4 is 23.9 Å². The van der Waals surface area contributed by atoms with Gasteiger partial charge < -0.3 is 11.5 Å². The molecule has 0 unspecified atom stereocenters. The first-order valence-electron chi connectivity index (χ1n) is 5.44. The Kier molecular flexibility index (Phi) is 11.4. The van der Waals surface area contributed by atoms with Crippen molar-refractivity contribution in [3.05, 3.63) is 0 Å². The summed E-state index contributed by atoms with van der Waals surface area (Å²) >= 11 is -3.28. The van der Waals surface area contributed by atoms with Crippen LogP contribution in [0.5, 0.6) is 0 Å². The molecule has 0 aromatic heterocycles. The van der Waals surface area contributed by atoms with Gasteiger partial charge >= 0.3 is 97.6 Å². The zero-order valence-corrected chi connectivity index (χ0v) is 12.3. The second kappa shape index (κ2) is 11.0. The summed E-state index contributed by atoms with van der Waals surface area (Å²) in [6, 6.07) is 0. The first kappa shape index (κ1) is 21.6. The summed E-state index contributed by atoms with van der Waals surface area (Å²) in [5, 5.41) is 31.8. The molecule has 0 bridgehead atoms. The van der Waals surface area contributed by atoms with E-state index < -0.39 is 58.0 Å². The van der Waals surface area contributed by atoms with Crippen LogP contribution in [0.15, 0.2) is 0 Å². The maximum atomic E-state index is 10.6. The number of hydrogen-bond acceptors (Lipinski definition) is 6. The predicted molar refractivity (Wildman–Crippen MR) is 67.9 cm³/mol. The molecule has 8 N–H and O–H groups in total. The summed E-state index contributed by atoms with van der Waals surface area (Å²) < 4.78 is 0. The van der Waals surface area contributed by atoms with Gasteiger partial charge in [-0.25, -0.2) is 0 Å². The summed E-state index contributed by atoms with van der Waals surface area (Å²) in [4.78, 5) is 42.4. The van der Waals surface area contributed by atoms with E-state index in [1.54, 1.807) is 0 Å². The number of carboxylic acid groups (broad SMARTS) is 4. The van der Waals surface area contributed by atoms with Gasteiger partial charge in [0.2, 0.25) is 0 Å². The van der Waals surface area contributed by atoms with Crippen molar-refractivity contribution in [1.29, 1.82) is 0 Å². The first-order chi connectivity index (χ1) is 9.58. The van der Waals surface area contributed by atoms with Gasteiger partial charge in [-0.3, -0.25) is 0 Å². The fourth-order valence-electron chi connectivity index (χ4n) is 1.17. The fraction of sp³-hybridized carbons (Fsp3) is 0.600. The number of carboxylic acids is 4. The monoisotopic (exact) mass is 352 g/mol. The fourth-order valence-corrected chi connectivity index (χ4v) is 4.83. The molecule has 0 aromatic carbocycles. The molecule has 0 radical (unpaired) electrons. The van der Waals surface area contributed by atoms with E-state index in [9.17, 15) is 19.2 Å².